The van der Waals surface area contributed by atoms with Crippen molar-refractivity contribution in [2.45, 2.75) is 13.0 Å². The summed E-state index contributed by atoms with van der Waals surface area (Å²) in [5.74, 6) is 0.624. The van der Waals surface area contributed by atoms with Gasteiger partial charge in [-0.15, -0.1) is 0 Å². The van der Waals surface area contributed by atoms with Crippen LogP contribution in [0.15, 0.2) is 6.20 Å². The van der Waals surface area contributed by atoms with Crippen LogP contribution in [0.2, 0.25) is 0 Å². The van der Waals surface area contributed by atoms with E-state index in [4.69, 9.17) is 4.74 Å². The molecule has 0 saturated heterocycles. The lowest BCUT2D eigenvalue weighted by molar-refractivity contribution is 0.398. The summed E-state index contributed by atoms with van der Waals surface area (Å²) < 4.78 is 29.7. The van der Waals surface area contributed by atoms with Crippen molar-refractivity contribution in [2.24, 2.45) is 7.05 Å². The first-order valence-electron chi connectivity index (χ1n) is 5.36. The lowest BCUT2D eigenvalue weighted by atomic mass is 10.2. The maximum atomic E-state index is 11.4. The number of ether oxygens (including phenoxy) is 1. The van der Waals surface area contributed by atoms with Gasteiger partial charge in [-0.2, -0.15) is 5.10 Å². The van der Waals surface area contributed by atoms with E-state index in [-0.39, 0.29) is 11.8 Å². The van der Waals surface area contributed by atoms with Crippen molar-refractivity contribution in [1.82, 2.24) is 15.1 Å². The molecule has 0 bridgehead atoms. The van der Waals surface area contributed by atoms with Gasteiger partial charge in [0.15, 0.2) is 5.75 Å². The molecular weight excluding hydrogens is 242 g/mol. The van der Waals surface area contributed by atoms with Gasteiger partial charge in [-0.25, -0.2) is 8.42 Å². The third kappa shape index (κ3) is 3.71. The second kappa shape index (κ2) is 5.50. The largest absolute Gasteiger partial charge is 0.493 e. The fourth-order valence-corrected chi connectivity index (χ4v) is 2.65. The van der Waals surface area contributed by atoms with E-state index in [2.05, 4.69) is 10.4 Å². The third-order valence-corrected chi connectivity index (χ3v) is 3.36. The van der Waals surface area contributed by atoms with Crippen LogP contribution in [0.25, 0.3) is 0 Å². The lowest BCUT2D eigenvalue weighted by Crippen LogP contribution is -2.29. The predicted molar refractivity (Wildman–Crippen MR) is 65.9 cm³/mol. The van der Waals surface area contributed by atoms with E-state index < -0.39 is 9.84 Å². The standard InChI is InChI=1S/C10H19N3O3S/c1-5-11-8(7-17(4,14)15)10-9(16-3)6-12-13(10)2/h6,8,11H,5,7H2,1-4H3. The first kappa shape index (κ1) is 14.0. The van der Waals surface area contributed by atoms with Crippen LogP contribution in [-0.2, 0) is 16.9 Å². The molecule has 0 spiro atoms. The normalized spacial score (nSPS) is 13.6. The predicted octanol–water partition coefficient (Wildman–Crippen LogP) is 0.124. The molecule has 1 aromatic heterocycles. The molecule has 0 aliphatic heterocycles. The number of aryl methyl sites for hydroxylation is 1. The van der Waals surface area contributed by atoms with Crippen molar-refractivity contribution in [3.63, 3.8) is 0 Å². The van der Waals surface area contributed by atoms with Gasteiger partial charge in [0.1, 0.15) is 9.84 Å². The van der Waals surface area contributed by atoms with Crippen molar-refractivity contribution >= 4 is 9.84 Å². The molecule has 0 aromatic carbocycles. The van der Waals surface area contributed by atoms with Gasteiger partial charge in [0.05, 0.1) is 30.8 Å². The zero-order valence-electron chi connectivity index (χ0n) is 10.6. The molecular formula is C10H19N3O3S. The third-order valence-electron chi connectivity index (χ3n) is 2.42. The van der Waals surface area contributed by atoms with Gasteiger partial charge in [0.25, 0.3) is 0 Å². The Labute approximate surface area is 102 Å². The Bertz CT molecular complexity index is 467. The molecule has 0 amide bonds. The molecule has 7 heteroatoms. The van der Waals surface area contributed by atoms with Crippen molar-refractivity contribution < 1.29 is 13.2 Å². The summed E-state index contributed by atoms with van der Waals surface area (Å²) in [6.45, 7) is 2.60. The van der Waals surface area contributed by atoms with Gasteiger partial charge in [0, 0.05) is 13.3 Å². The van der Waals surface area contributed by atoms with E-state index >= 15 is 0 Å². The summed E-state index contributed by atoms with van der Waals surface area (Å²) in [4.78, 5) is 0. The SMILES string of the molecule is CCNC(CS(C)(=O)=O)c1c(OC)cnn1C. The fraction of sp³-hybridized carbons (Fsp3) is 0.700. The second-order valence-corrected chi connectivity index (χ2v) is 6.11. The minimum Gasteiger partial charge on any atom is -0.493 e. The molecule has 0 fully saturated rings. The van der Waals surface area contributed by atoms with Crippen molar-refractivity contribution in [2.75, 3.05) is 25.7 Å². The molecule has 0 aliphatic carbocycles. The summed E-state index contributed by atoms with van der Waals surface area (Å²) >= 11 is 0. The van der Waals surface area contributed by atoms with Crippen LogP contribution < -0.4 is 10.1 Å². The minimum absolute atomic E-state index is 0.0245. The Balaban J connectivity index is 3.08. The second-order valence-electron chi connectivity index (χ2n) is 3.92. The summed E-state index contributed by atoms with van der Waals surface area (Å²) in [6, 6.07) is -0.308. The molecule has 1 unspecified atom stereocenters. The van der Waals surface area contributed by atoms with E-state index in [1.54, 1.807) is 25.0 Å². The summed E-state index contributed by atoms with van der Waals surface area (Å²) in [7, 11) is 0.241. The first-order valence-corrected chi connectivity index (χ1v) is 7.42. The smallest absolute Gasteiger partial charge is 0.161 e. The number of hydrogen-bond acceptors (Lipinski definition) is 5. The number of sulfone groups is 1. The number of methoxy groups -OCH3 is 1. The Morgan fingerprint density at radius 3 is 2.71 bits per heavy atom. The average molecular weight is 261 g/mol. The highest BCUT2D eigenvalue weighted by atomic mass is 32.2. The van der Waals surface area contributed by atoms with Crippen LogP contribution >= 0.6 is 0 Å². The molecule has 1 heterocycles. The van der Waals surface area contributed by atoms with Gasteiger partial charge in [0.2, 0.25) is 0 Å². The molecule has 0 saturated carbocycles. The van der Waals surface area contributed by atoms with E-state index in [9.17, 15) is 8.42 Å². The van der Waals surface area contributed by atoms with Gasteiger partial charge < -0.3 is 10.1 Å². The monoisotopic (exact) mass is 261 g/mol. The van der Waals surface area contributed by atoms with Crippen LogP contribution in [0.4, 0.5) is 0 Å². The molecule has 17 heavy (non-hydrogen) atoms. The highest BCUT2D eigenvalue weighted by Crippen LogP contribution is 2.25. The number of rotatable bonds is 6. The summed E-state index contributed by atoms with van der Waals surface area (Å²) in [6.07, 6.45) is 2.81. The Kier molecular flexibility index (Phi) is 4.53. The van der Waals surface area contributed by atoms with Gasteiger partial charge in [-0.3, -0.25) is 4.68 Å². The van der Waals surface area contributed by atoms with Crippen LogP contribution in [0.5, 0.6) is 5.75 Å². The summed E-state index contributed by atoms with van der Waals surface area (Å²) in [5.41, 5.74) is 0.750. The first-order chi connectivity index (χ1) is 7.89. The fourth-order valence-electron chi connectivity index (χ4n) is 1.77. The number of hydrogen-bond donors (Lipinski definition) is 1. The Hall–Kier alpha value is -1.08. The minimum atomic E-state index is -3.07. The number of aromatic nitrogens is 2. The zero-order chi connectivity index (χ0) is 13.1. The quantitative estimate of drug-likeness (QED) is 0.787. The van der Waals surface area contributed by atoms with Crippen LogP contribution in [0, 0.1) is 0 Å². The molecule has 1 rings (SSSR count). The summed E-state index contributed by atoms with van der Waals surface area (Å²) in [5, 5.41) is 7.21. The van der Waals surface area contributed by atoms with Crippen LogP contribution in [0.3, 0.4) is 0 Å². The highest BCUT2D eigenvalue weighted by Gasteiger charge is 2.23. The molecule has 1 aromatic rings. The van der Waals surface area contributed by atoms with Crippen molar-refractivity contribution in [3.8, 4) is 5.75 Å². The maximum absolute atomic E-state index is 11.4. The number of nitrogens with zero attached hydrogens (tertiary/aromatic N) is 2. The molecule has 1 N–H and O–H groups in total. The van der Waals surface area contributed by atoms with E-state index in [1.165, 1.54) is 6.26 Å². The van der Waals surface area contributed by atoms with E-state index in [0.29, 0.717) is 12.3 Å². The maximum Gasteiger partial charge on any atom is 0.161 e. The topological polar surface area (TPSA) is 73.2 Å². The van der Waals surface area contributed by atoms with Gasteiger partial charge >= 0.3 is 0 Å². The van der Waals surface area contributed by atoms with E-state index in [1.807, 2.05) is 6.92 Å². The van der Waals surface area contributed by atoms with Crippen LogP contribution in [-0.4, -0.2) is 43.9 Å². The van der Waals surface area contributed by atoms with Crippen molar-refractivity contribution in [3.05, 3.63) is 11.9 Å². The highest BCUT2D eigenvalue weighted by molar-refractivity contribution is 7.90. The molecule has 6 nitrogen and oxygen atoms in total. The van der Waals surface area contributed by atoms with Gasteiger partial charge in [-0.1, -0.05) is 6.92 Å². The zero-order valence-corrected chi connectivity index (χ0v) is 11.4. The van der Waals surface area contributed by atoms with E-state index in [0.717, 1.165) is 5.69 Å². The van der Waals surface area contributed by atoms with Gasteiger partial charge in [-0.05, 0) is 6.54 Å². The molecule has 0 aliphatic rings. The van der Waals surface area contributed by atoms with Crippen molar-refractivity contribution in [1.29, 1.82) is 0 Å². The number of nitrogens with one attached hydrogen (secondary N) is 1. The Morgan fingerprint density at radius 1 is 1.59 bits per heavy atom. The molecule has 98 valence electrons. The Morgan fingerprint density at radius 2 is 2.24 bits per heavy atom. The molecule has 0 radical (unpaired) electrons. The average Bonchev–Trinajstić information content (AvgIpc) is 2.57. The molecule has 1 atom stereocenters. The van der Waals surface area contributed by atoms with Crippen LogP contribution in [0.1, 0.15) is 18.7 Å². The lowest BCUT2D eigenvalue weighted by Gasteiger charge is -2.18.